The van der Waals surface area contributed by atoms with Crippen LogP contribution < -0.4 is 9.47 Å². The summed E-state index contributed by atoms with van der Waals surface area (Å²) in [6.45, 7) is 1.85. The summed E-state index contributed by atoms with van der Waals surface area (Å²) >= 11 is 5.86. The molecule has 1 heterocycles. The first-order chi connectivity index (χ1) is 12.2. The van der Waals surface area contributed by atoms with Crippen molar-refractivity contribution in [2.45, 2.75) is 25.0 Å². The Bertz CT molecular complexity index is 677. The lowest BCUT2D eigenvalue weighted by Gasteiger charge is -2.27. The maximum absolute atomic E-state index is 10.4. The number of aliphatic hydroxyl groups excluding tert-OH is 1. The summed E-state index contributed by atoms with van der Waals surface area (Å²) in [5.74, 6) is 1.59. The van der Waals surface area contributed by atoms with Gasteiger partial charge in [0.2, 0.25) is 0 Å². The molecule has 25 heavy (non-hydrogen) atoms. The highest BCUT2D eigenvalue weighted by Crippen LogP contribution is 2.33. The molecule has 0 spiro atoms. The predicted octanol–water partition coefficient (Wildman–Crippen LogP) is 3.93. The second kappa shape index (κ2) is 8.56. The number of nitrogens with zero attached hydrogens (tertiary/aromatic N) is 1. The second-order valence-corrected chi connectivity index (χ2v) is 6.78. The number of hydrogen-bond donors (Lipinski definition) is 1. The van der Waals surface area contributed by atoms with Crippen molar-refractivity contribution < 1.29 is 14.6 Å². The lowest BCUT2D eigenvalue weighted by molar-refractivity contribution is 0.0638. The molecular weight excluding hydrogens is 338 g/mol. The smallest absolute Gasteiger partial charge is 0.119 e. The van der Waals surface area contributed by atoms with Gasteiger partial charge in [-0.3, -0.25) is 4.90 Å². The summed E-state index contributed by atoms with van der Waals surface area (Å²) < 4.78 is 11.0. The van der Waals surface area contributed by atoms with E-state index in [0.29, 0.717) is 23.4 Å². The topological polar surface area (TPSA) is 41.9 Å². The highest BCUT2D eigenvalue weighted by Gasteiger charge is 2.27. The number of benzene rings is 2. The molecule has 1 aliphatic heterocycles. The van der Waals surface area contributed by atoms with Crippen LogP contribution in [0, 0.1) is 0 Å². The van der Waals surface area contributed by atoms with E-state index in [9.17, 15) is 5.11 Å². The average molecular weight is 362 g/mol. The fourth-order valence-electron chi connectivity index (χ4n) is 3.32. The fourth-order valence-corrected chi connectivity index (χ4v) is 3.44. The number of methoxy groups -OCH3 is 1. The summed E-state index contributed by atoms with van der Waals surface area (Å²) in [4.78, 5) is 2.32. The highest BCUT2D eigenvalue weighted by atomic mass is 35.5. The van der Waals surface area contributed by atoms with E-state index in [1.807, 2.05) is 24.3 Å². The first-order valence-electron chi connectivity index (χ1n) is 8.60. The zero-order valence-corrected chi connectivity index (χ0v) is 15.2. The van der Waals surface area contributed by atoms with Gasteiger partial charge in [0.25, 0.3) is 0 Å². The van der Waals surface area contributed by atoms with E-state index in [-0.39, 0.29) is 6.61 Å². The van der Waals surface area contributed by atoms with Gasteiger partial charge < -0.3 is 14.6 Å². The summed E-state index contributed by atoms with van der Waals surface area (Å²) in [5, 5.41) is 11.0. The van der Waals surface area contributed by atoms with Crippen LogP contribution in [0.25, 0.3) is 0 Å². The van der Waals surface area contributed by atoms with E-state index < -0.39 is 6.10 Å². The lowest BCUT2D eigenvalue weighted by Crippen LogP contribution is -2.35. The van der Waals surface area contributed by atoms with Gasteiger partial charge in [-0.15, -0.1) is 0 Å². The fraction of sp³-hybridized carbons (Fsp3) is 0.400. The van der Waals surface area contributed by atoms with Crippen molar-refractivity contribution in [3.05, 3.63) is 59.1 Å². The van der Waals surface area contributed by atoms with E-state index in [1.54, 1.807) is 19.2 Å². The molecule has 0 saturated carbocycles. The van der Waals surface area contributed by atoms with Gasteiger partial charge in [-0.1, -0.05) is 23.7 Å². The van der Waals surface area contributed by atoms with Gasteiger partial charge in [-0.25, -0.2) is 0 Å². The minimum atomic E-state index is -0.540. The molecule has 134 valence electrons. The summed E-state index contributed by atoms with van der Waals surface area (Å²) in [6, 6.07) is 15.7. The minimum Gasteiger partial charge on any atom is -0.497 e. The van der Waals surface area contributed by atoms with Crippen LogP contribution in [0.2, 0.25) is 5.02 Å². The van der Waals surface area contributed by atoms with Gasteiger partial charge in [0.05, 0.1) is 7.11 Å². The molecule has 4 nitrogen and oxygen atoms in total. The largest absolute Gasteiger partial charge is 0.497 e. The molecule has 3 rings (SSSR count). The predicted molar refractivity (Wildman–Crippen MR) is 99.5 cm³/mol. The molecule has 0 radical (unpaired) electrons. The van der Waals surface area contributed by atoms with Gasteiger partial charge in [0.15, 0.2) is 0 Å². The number of rotatable bonds is 7. The average Bonchev–Trinajstić information content (AvgIpc) is 3.09. The normalized spacial score (nSPS) is 18.9. The summed E-state index contributed by atoms with van der Waals surface area (Å²) in [6.07, 6.45) is 1.69. The van der Waals surface area contributed by atoms with Gasteiger partial charge in [0, 0.05) is 17.6 Å². The van der Waals surface area contributed by atoms with E-state index in [1.165, 1.54) is 5.56 Å². The molecule has 0 bridgehead atoms. The first kappa shape index (κ1) is 18.1. The van der Waals surface area contributed by atoms with E-state index in [2.05, 4.69) is 17.0 Å². The number of halogens is 1. The maximum Gasteiger partial charge on any atom is 0.119 e. The van der Waals surface area contributed by atoms with Crippen LogP contribution in [0.1, 0.15) is 24.4 Å². The molecule has 0 aliphatic carbocycles. The van der Waals surface area contributed by atoms with Crippen molar-refractivity contribution >= 4 is 11.6 Å². The quantitative estimate of drug-likeness (QED) is 0.811. The van der Waals surface area contributed by atoms with Crippen molar-refractivity contribution in [1.29, 1.82) is 0 Å². The van der Waals surface area contributed by atoms with Gasteiger partial charge >= 0.3 is 0 Å². The molecule has 2 unspecified atom stereocenters. The summed E-state index contributed by atoms with van der Waals surface area (Å²) in [5.41, 5.74) is 1.24. The number of ether oxygens (including phenoxy) is 2. The van der Waals surface area contributed by atoms with Crippen molar-refractivity contribution in [2.24, 2.45) is 0 Å². The van der Waals surface area contributed by atoms with E-state index in [0.717, 1.165) is 25.1 Å². The Morgan fingerprint density at radius 2 is 2.00 bits per heavy atom. The molecule has 1 fully saturated rings. The van der Waals surface area contributed by atoms with Crippen LogP contribution in [0.4, 0.5) is 0 Å². The zero-order valence-electron chi connectivity index (χ0n) is 14.4. The number of hydrogen-bond acceptors (Lipinski definition) is 4. The third kappa shape index (κ3) is 4.88. The molecule has 2 aromatic rings. The number of aliphatic hydroxyl groups is 1. The SMILES string of the molecule is COc1cccc(C2CCCN2CC(O)COc2ccc(Cl)cc2)c1. The maximum atomic E-state index is 10.4. The standard InChI is InChI=1S/C20H24ClNO3/c1-24-19-5-2-4-15(12-19)20-6-3-11-22(20)13-17(23)14-25-18-9-7-16(21)8-10-18/h2,4-5,7-10,12,17,20,23H,3,6,11,13-14H2,1H3. The van der Waals surface area contributed by atoms with Crippen LogP contribution in [0.3, 0.4) is 0 Å². The van der Waals surface area contributed by atoms with Crippen molar-refractivity contribution in [1.82, 2.24) is 4.90 Å². The first-order valence-corrected chi connectivity index (χ1v) is 8.98. The molecule has 0 amide bonds. The Balaban J connectivity index is 1.56. The van der Waals surface area contributed by atoms with Gasteiger partial charge in [0.1, 0.15) is 24.2 Å². The third-order valence-electron chi connectivity index (χ3n) is 4.54. The number of likely N-dealkylation sites (tertiary alicyclic amines) is 1. The monoisotopic (exact) mass is 361 g/mol. The van der Waals surface area contributed by atoms with Crippen LogP contribution in [-0.2, 0) is 0 Å². The van der Waals surface area contributed by atoms with Crippen molar-refractivity contribution in [3.63, 3.8) is 0 Å². The van der Waals surface area contributed by atoms with E-state index in [4.69, 9.17) is 21.1 Å². The zero-order chi connectivity index (χ0) is 17.6. The molecular formula is C20H24ClNO3. The highest BCUT2D eigenvalue weighted by molar-refractivity contribution is 6.30. The Kier molecular flexibility index (Phi) is 6.19. The minimum absolute atomic E-state index is 0.267. The van der Waals surface area contributed by atoms with Crippen LogP contribution >= 0.6 is 11.6 Å². The molecule has 2 atom stereocenters. The molecule has 1 saturated heterocycles. The lowest BCUT2D eigenvalue weighted by atomic mass is 10.0. The molecule has 5 heteroatoms. The molecule has 1 N–H and O–H groups in total. The number of β-amino-alcohol motifs (C(OH)–C–C–N with tert-alkyl or cyclic N) is 1. The Morgan fingerprint density at radius 1 is 1.20 bits per heavy atom. The van der Waals surface area contributed by atoms with Crippen LogP contribution in [-0.4, -0.2) is 42.9 Å². The molecule has 0 aromatic heterocycles. The van der Waals surface area contributed by atoms with Crippen molar-refractivity contribution in [3.8, 4) is 11.5 Å². The Labute approximate surface area is 153 Å². The van der Waals surface area contributed by atoms with Gasteiger partial charge in [-0.2, -0.15) is 0 Å². The molecule has 1 aliphatic rings. The third-order valence-corrected chi connectivity index (χ3v) is 4.80. The second-order valence-electron chi connectivity index (χ2n) is 6.35. The van der Waals surface area contributed by atoms with E-state index >= 15 is 0 Å². The molecule has 2 aromatic carbocycles. The van der Waals surface area contributed by atoms with Crippen molar-refractivity contribution in [2.75, 3.05) is 26.8 Å². The Hall–Kier alpha value is -1.75. The summed E-state index contributed by atoms with van der Waals surface area (Å²) in [7, 11) is 1.68. The van der Waals surface area contributed by atoms with Gasteiger partial charge in [-0.05, 0) is 61.3 Å². The van der Waals surface area contributed by atoms with Crippen LogP contribution in [0.15, 0.2) is 48.5 Å². The Morgan fingerprint density at radius 3 is 2.76 bits per heavy atom. The van der Waals surface area contributed by atoms with Crippen LogP contribution in [0.5, 0.6) is 11.5 Å².